The van der Waals surface area contributed by atoms with Crippen LogP contribution in [-0.4, -0.2) is 44.7 Å². The van der Waals surface area contributed by atoms with Gasteiger partial charge in [-0.25, -0.2) is 14.8 Å². The summed E-state index contributed by atoms with van der Waals surface area (Å²) in [6.07, 6.45) is -3.76. The van der Waals surface area contributed by atoms with Crippen LogP contribution in [-0.2, 0) is 6.18 Å². The Labute approximate surface area is 148 Å². The molecule has 1 aliphatic rings. The van der Waals surface area contributed by atoms with Crippen molar-refractivity contribution in [2.24, 2.45) is 5.41 Å². The molecule has 1 aliphatic heterocycles. The Morgan fingerprint density at radius 3 is 2.52 bits per heavy atom. The topological polar surface area (TPSA) is 78.4 Å². The molecular weight excluding hydrogens is 361 g/mol. The van der Waals surface area contributed by atoms with Gasteiger partial charge in [0.05, 0.1) is 12.1 Å². The van der Waals surface area contributed by atoms with Gasteiger partial charge in [0, 0.05) is 12.7 Å². The fourth-order valence-electron chi connectivity index (χ4n) is 3.22. The number of rotatable bonds is 2. The third kappa shape index (κ3) is 4.45. The molecule has 1 fully saturated rings. The minimum Gasteiger partial charge on any atom is -0.465 e. The summed E-state index contributed by atoms with van der Waals surface area (Å²) in [5, 5.41) is 11.7. The average molecular weight is 381 g/mol. The highest BCUT2D eigenvalue weighted by molar-refractivity contribution is 6.30. The van der Waals surface area contributed by atoms with Gasteiger partial charge in [-0.2, -0.15) is 13.2 Å². The van der Waals surface area contributed by atoms with Crippen molar-refractivity contribution < 1.29 is 23.1 Å². The molecule has 2 unspecified atom stereocenters. The molecule has 0 radical (unpaired) electrons. The fraction of sp³-hybridized carbons (Fsp3) is 0.667. The zero-order valence-electron chi connectivity index (χ0n) is 14.1. The van der Waals surface area contributed by atoms with Gasteiger partial charge in [0.25, 0.3) is 0 Å². The largest absolute Gasteiger partial charge is 0.465 e. The molecule has 25 heavy (non-hydrogen) atoms. The van der Waals surface area contributed by atoms with E-state index < -0.39 is 23.0 Å². The maximum atomic E-state index is 12.7. The minimum absolute atomic E-state index is 0.0514. The van der Waals surface area contributed by atoms with Gasteiger partial charge in [-0.15, -0.1) is 0 Å². The maximum Gasteiger partial charge on any atom is 0.420 e. The molecule has 1 aromatic rings. The number of nitrogens with zero attached hydrogens (tertiary/aromatic N) is 3. The van der Waals surface area contributed by atoms with E-state index in [-0.39, 0.29) is 23.4 Å². The van der Waals surface area contributed by atoms with Crippen molar-refractivity contribution in [2.45, 2.75) is 51.9 Å². The van der Waals surface area contributed by atoms with Gasteiger partial charge in [0.2, 0.25) is 5.95 Å². The Hall–Kier alpha value is -1.77. The summed E-state index contributed by atoms with van der Waals surface area (Å²) in [5.74, 6) is -0.0514. The molecule has 1 saturated heterocycles. The fourth-order valence-corrected chi connectivity index (χ4v) is 3.46. The minimum atomic E-state index is -4.63. The van der Waals surface area contributed by atoms with Crippen molar-refractivity contribution in [1.82, 2.24) is 14.9 Å². The number of likely N-dealkylation sites (tertiary alicyclic amines) is 1. The zero-order valence-corrected chi connectivity index (χ0v) is 14.8. The number of aromatic nitrogens is 2. The highest BCUT2D eigenvalue weighted by Crippen LogP contribution is 2.35. The van der Waals surface area contributed by atoms with E-state index in [2.05, 4.69) is 15.3 Å². The van der Waals surface area contributed by atoms with Gasteiger partial charge >= 0.3 is 12.3 Å². The standard InChI is InChI=1S/C15H20ClF3N4O2/c1-14(2,3)10-9(5-4-6-23(10)13(24)25)21-12-20-7-8(11(16)22-12)15(17,18)19/h7,9-10H,4-6H2,1-3H3,(H,24,25)(H,20,21,22). The molecule has 6 nitrogen and oxygen atoms in total. The van der Waals surface area contributed by atoms with E-state index in [0.29, 0.717) is 25.6 Å². The second kappa shape index (κ2) is 6.86. The van der Waals surface area contributed by atoms with Gasteiger partial charge in [-0.1, -0.05) is 32.4 Å². The molecule has 0 saturated carbocycles. The number of carboxylic acid groups (broad SMARTS) is 1. The van der Waals surface area contributed by atoms with Gasteiger partial charge in [-0.05, 0) is 18.3 Å². The van der Waals surface area contributed by atoms with Crippen molar-refractivity contribution in [3.8, 4) is 0 Å². The smallest absolute Gasteiger partial charge is 0.420 e. The van der Waals surface area contributed by atoms with Crippen LogP contribution in [0.2, 0.25) is 5.15 Å². The summed E-state index contributed by atoms with van der Waals surface area (Å²) < 4.78 is 38.2. The van der Waals surface area contributed by atoms with Crippen molar-refractivity contribution in [3.63, 3.8) is 0 Å². The molecule has 0 bridgehead atoms. The van der Waals surface area contributed by atoms with E-state index in [1.807, 2.05) is 20.8 Å². The molecule has 10 heteroatoms. The molecule has 2 heterocycles. The number of piperidine rings is 1. The Balaban J connectivity index is 2.28. The molecule has 2 N–H and O–H groups in total. The Kier molecular flexibility index (Phi) is 5.36. The summed E-state index contributed by atoms with van der Waals surface area (Å²) in [6, 6.07) is -0.721. The quantitative estimate of drug-likeness (QED) is 0.755. The summed E-state index contributed by atoms with van der Waals surface area (Å²) >= 11 is 5.62. The third-order valence-corrected chi connectivity index (χ3v) is 4.41. The first-order valence-electron chi connectivity index (χ1n) is 7.77. The van der Waals surface area contributed by atoms with E-state index in [4.69, 9.17) is 11.6 Å². The van der Waals surface area contributed by atoms with E-state index in [1.165, 1.54) is 4.90 Å². The van der Waals surface area contributed by atoms with Crippen LogP contribution in [0.25, 0.3) is 0 Å². The van der Waals surface area contributed by atoms with Crippen molar-refractivity contribution in [3.05, 3.63) is 16.9 Å². The number of nitrogens with one attached hydrogen (secondary N) is 1. The highest BCUT2D eigenvalue weighted by atomic mass is 35.5. The lowest BCUT2D eigenvalue weighted by Gasteiger charge is -2.46. The lowest BCUT2D eigenvalue weighted by atomic mass is 9.77. The van der Waals surface area contributed by atoms with Crippen LogP contribution >= 0.6 is 11.6 Å². The molecule has 1 amide bonds. The molecule has 2 rings (SSSR count). The molecule has 0 aromatic carbocycles. The first kappa shape index (κ1) is 19.6. The second-order valence-corrected chi connectivity index (χ2v) is 7.43. The Morgan fingerprint density at radius 1 is 1.40 bits per heavy atom. The van der Waals surface area contributed by atoms with Crippen LogP contribution in [0.4, 0.5) is 23.9 Å². The van der Waals surface area contributed by atoms with Crippen LogP contribution in [0.15, 0.2) is 6.20 Å². The van der Waals surface area contributed by atoms with E-state index >= 15 is 0 Å². The number of alkyl halides is 3. The van der Waals surface area contributed by atoms with Gasteiger partial charge < -0.3 is 15.3 Å². The molecule has 0 aliphatic carbocycles. The number of anilines is 1. The summed E-state index contributed by atoms with van der Waals surface area (Å²) in [5.41, 5.74) is -1.49. The van der Waals surface area contributed by atoms with E-state index in [9.17, 15) is 23.1 Å². The van der Waals surface area contributed by atoms with E-state index in [1.54, 1.807) is 0 Å². The Morgan fingerprint density at radius 2 is 2.04 bits per heavy atom. The van der Waals surface area contributed by atoms with Crippen molar-refractivity contribution in [2.75, 3.05) is 11.9 Å². The summed E-state index contributed by atoms with van der Waals surface area (Å²) in [7, 11) is 0. The number of hydrogen-bond acceptors (Lipinski definition) is 4. The van der Waals surface area contributed by atoms with Crippen LogP contribution in [0.5, 0.6) is 0 Å². The zero-order chi connectivity index (χ0) is 19.0. The summed E-state index contributed by atoms with van der Waals surface area (Å²) in [6.45, 7) is 6.14. The molecule has 0 spiro atoms. The predicted octanol–water partition coefficient (Wildman–Crippen LogP) is 4.12. The maximum absolute atomic E-state index is 12.7. The molecule has 1 aromatic heterocycles. The van der Waals surface area contributed by atoms with Crippen LogP contribution in [0.1, 0.15) is 39.2 Å². The second-order valence-electron chi connectivity index (χ2n) is 7.08. The van der Waals surface area contributed by atoms with Crippen molar-refractivity contribution >= 4 is 23.6 Å². The third-order valence-electron chi connectivity index (χ3n) is 4.13. The van der Waals surface area contributed by atoms with Crippen LogP contribution in [0, 0.1) is 5.41 Å². The lowest BCUT2D eigenvalue weighted by Crippen LogP contribution is -2.58. The van der Waals surface area contributed by atoms with Crippen LogP contribution in [0.3, 0.4) is 0 Å². The van der Waals surface area contributed by atoms with Crippen molar-refractivity contribution in [1.29, 1.82) is 0 Å². The normalized spacial score (nSPS) is 22.0. The number of hydrogen-bond donors (Lipinski definition) is 2. The molecular formula is C15H20ClF3N4O2. The first-order valence-corrected chi connectivity index (χ1v) is 8.15. The number of amides is 1. The predicted molar refractivity (Wildman–Crippen MR) is 86.7 cm³/mol. The summed E-state index contributed by atoms with van der Waals surface area (Å²) in [4.78, 5) is 20.3. The highest BCUT2D eigenvalue weighted by Gasteiger charge is 2.42. The molecule has 140 valence electrons. The SMILES string of the molecule is CC(C)(C)C1C(Nc2ncc(C(F)(F)F)c(Cl)n2)CCCN1C(=O)O. The van der Waals surface area contributed by atoms with Gasteiger partial charge in [0.15, 0.2) is 0 Å². The number of halogens is 4. The Bertz CT molecular complexity index is 649. The first-order chi connectivity index (χ1) is 11.4. The van der Waals surface area contributed by atoms with Crippen LogP contribution < -0.4 is 5.32 Å². The van der Waals surface area contributed by atoms with E-state index in [0.717, 1.165) is 0 Å². The monoisotopic (exact) mass is 380 g/mol. The number of carbonyl (C=O) groups is 1. The molecule has 2 atom stereocenters. The average Bonchev–Trinajstić information content (AvgIpc) is 2.44. The van der Waals surface area contributed by atoms with Gasteiger partial charge in [0.1, 0.15) is 10.7 Å². The van der Waals surface area contributed by atoms with Gasteiger partial charge in [-0.3, -0.25) is 0 Å². The lowest BCUT2D eigenvalue weighted by molar-refractivity contribution is -0.137.